The number of hydrogen-bond donors (Lipinski definition) is 2. The molecule has 0 bridgehead atoms. The number of hydrogen-bond acceptors (Lipinski definition) is 3. The van der Waals surface area contributed by atoms with Crippen LogP contribution in [-0.2, 0) is 0 Å². The number of alkyl halides is 3. The summed E-state index contributed by atoms with van der Waals surface area (Å²) in [7, 11) is 0. The van der Waals surface area contributed by atoms with Gasteiger partial charge < -0.3 is 15.2 Å². The van der Waals surface area contributed by atoms with Crippen LogP contribution >= 0.6 is 0 Å². The van der Waals surface area contributed by atoms with Gasteiger partial charge in [0.1, 0.15) is 6.54 Å². The molecule has 2 atom stereocenters. The van der Waals surface area contributed by atoms with Gasteiger partial charge in [-0.05, 0) is 18.4 Å². The molecule has 1 saturated heterocycles. The van der Waals surface area contributed by atoms with E-state index in [1.54, 1.807) is 18.6 Å². The first kappa shape index (κ1) is 18.6. The first-order valence-corrected chi connectivity index (χ1v) is 9.26. The molecule has 1 aliphatic heterocycles. The molecule has 1 aliphatic rings. The molecule has 28 heavy (non-hydrogen) atoms. The monoisotopic (exact) mass is 394 g/mol. The van der Waals surface area contributed by atoms with Crippen LogP contribution < -0.4 is 5.32 Å². The summed E-state index contributed by atoms with van der Waals surface area (Å²) < 4.78 is 39.3. The van der Waals surface area contributed by atoms with E-state index in [0.29, 0.717) is 18.7 Å². The predicted octanol–water partition coefficient (Wildman–Crippen LogP) is 3.30. The van der Waals surface area contributed by atoms with Crippen LogP contribution in [-0.4, -0.2) is 56.1 Å². The number of urea groups is 1. The van der Waals surface area contributed by atoms with Crippen molar-refractivity contribution in [3.05, 3.63) is 30.4 Å². The van der Waals surface area contributed by atoms with Crippen LogP contribution in [0.3, 0.4) is 0 Å². The Bertz CT molecular complexity index is 994. The minimum absolute atomic E-state index is 0.00733. The molecule has 2 amide bonds. The van der Waals surface area contributed by atoms with Crippen molar-refractivity contribution in [2.45, 2.75) is 31.9 Å². The number of nitrogens with one attached hydrogen (secondary N) is 2. The van der Waals surface area contributed by atoms with Gasteiger partial charge in [-0.2, -0.15) is 13.2 Å². The largest absolute Gasteiger partial charge is 0.405 e. The summed E-state index contributed by atoms with van der Waals surface area (Å²) in [5.41, 5.74) is 3.28. The molecule has 0 saturated carbocycles. The molecule has 0 aromatic carbocycles. The van der Waals surface area contributed by atoms with Gasteiger partial charge in [0.15, 0.2) is 11.3 Å². The number of likely N-dealkylation sites (tertiary alicyclic amines) is 1. The molecule has 10 heteroatoms. The first-order valence-electron chi connectivity index (χ1n) is 9.26. The first-order chi connectivity index (χ1) is 13.4. The summed E-state index contributed by atoms with van der Waals surface area (Å²) in [4.78, 5) is 25.6. The van der Waals surface area contributed by atoms with Gasteiger partial charge in [-0.1, -0.05) is 13.3 Å². The fraction of sp³-hybridized carbons (Fsp3) is 0.500. The summed E-state index contributed by atoms with van der Waals surface area (Å²) in [6.07, 6.45) is 2.65. The minimum atomic E-state index is -4.42. The van der Waals surface area contributed by atoms with Gasteiger partial charge in [0, 0.05) is 37.1 Å². The van der Waals surface area contributed by atoms with Gasteiger partial charge in [-0.15, -0.1) is 0 Å². The van der Waals surface area contributed by atoms with E-state index in [0.717, 1.165) is 29.7 Å². The number of aromatic nitrogens is 4. The normalized spacial score (nSPS) is 20.4. The molecule has 2 N–H and O–H groups in total. The van der Waals surface area contributed by atoms with E-state index in [1.165, 1.54) is 4.90 Å². The van der Waals surface area contributed by atoms with Crippen molar-refractivity contribution in [2.75, 3.05) is 19.6 Å². The third kappa shape index (κ3) is 3.38. The zero-order valence-electron chi connectivity index (χ0n) is 15.3. The molecule has 7 nitrogen and oxygen atoms in total. The quantitative estimate of drug-likeness (QED) is 0.713. The van der Waals surface area contributed by atoms with Gasteiger partial charge >= 0.3 is 12.2 Å². The molecule has 3 aromatic rings. The summed E-state index contributed by atoms with van der Waals surface area (Å²) in [6.45, 7) is 1.52. The minimum Gasteiger partial charge on any atom is -0.345 e. The van der Waals surface area contributed by atoms with Crippen molar-refractivity contribution < 1.29 is 18.0 Å². The van der Waals surface area contributed by atoms with Gasteiger partial charge in [-0.3, -0.25) is 4.40 Å². The van der Waals surface area contributed by atoms with Gasteiger partial charge in [0.05, 0.1) is 11.7 Å². The number of imidazole rings is 1. The van der Waals surface area contributed by atoms with Crippen LogP contribution in [0.4, 0.5) is 18.0 Å². The van der Waals surface area contributed by atoms with E-state index >= 15 is 0 Å². The predicted molar refractivity (Wildman–Crippen MR) is 97.0 cm³/mol. The number of aromatic amines is 1. The van der Waals surface area contributed by atoms with Crippen molar-refractivity contribution in [3.63, 3.8) is 0 Å². The number of carbonyl (C=O) groups excluding carboxylic acids is 1. The Hall–Kier alpha value is -2.78. The molecule has 4 heterocycles. The average Bonchev–Trinajstić information content (AvgIpc) is 3.35. The average molecular weight is 394 g/mol. The van der Waals surface area contributed by atoms with Crippen LogP contribution in [0.15, 0.2) is 24.7 Å². The fourth-order valence-electron chi connectivity index (χ4n) is 4.08. The van der Waals surface area contributed by atoms with E-state index in [4.69, 9.17) is 0 Å². The van der Waals surface area contributed by atoms with Gasteiger partial charge in [-0.25, -0.2) is 14.8 Å². The van der Waals surface area contributed by atoms with Crippen molar-refractivity contribution >= 4 is 22.8 Å². The van der Waals surface area contributed by atoms with Crippen LogP contribution in [0, 0.1) is 5.92 Å². The Morgan fingerprint density at radius 3 is 2.89 bits per heavy atom. The zero-order chi connectivity index (χ0) is 19.9. The smallest absolute Gasteiger partial charge is 0.345 e. The van der Waals surface area contributed by atoms with Gasteiger partial charge in [0.25, 0.3) is 0 Å². The molecular weight excluding hydrogens is 373 g/mol. The number of nitrogens with zero attached hydrogens (tertiary/aromatic N) is 4. The van der Waals surface area contributed by atoms with Gasteiger partial charge in [0.2, 0.25) is 0 Å². The molecular formula is C18H21F3N6O. The number of rotatable bonds is 4. The Balaban J connectivity index is 1.64. The topological polar surface area (TPSA) is 78.3 Å². The van der Waals surface area contributed by atoms with E-state index < -0.39 is 18.8 Å². The standard InChI is InChI=1S/C18H21F3N6O/c1-2-3-11-8-26(17(28)25-10-18(19,20)21)9-12(11)14-6-23-15-7-24-16-13(27(14)15)4-5-22-16/h4-7,11-12,22H,2-3,8-10H2,1H3,(H,25,28)/t11-,12+/m1/s1. The number of amides is 2. The van der Waals surface area contributed by atoms with Crippen molar-refractivity contribution in [1.82, 2.24) is 29.6 Å². The number of carbonyl (C=O) groups is 1. The Labute approximate surface area is 158 Å². The SMILES string of the molecule is CCC[C@@H]1CN(C(=O)NCC(F)(F)F)C[C@@H]1c1cnc2cnc3[nH]ccc3n12. The van der Waals surface area contributed by atoms with E-state index in [1.807, 2.05) is 15.8 Å². The summed E-state index contributed by atoms with van der Waals surface area (Å²) in [6, 6.07) is 1.24. The lowest BCUT2D eigenvalue weighted by molar-refractivity contribution is -0.123. The lowest BCUT2D eigenvalue weighted by Gasteiger charge is -2.18. The van der Waals surface area contributed by atoms with E-state index in [2.05, 4.69) is 21.9 Å². The maximum Gasteiger partial charge on any atom is 0.405 e. The Morgan fingerprint density at radius 1 is 1.32 bits per heavy atom. The molecule has 0 radical (unpaired) electrons. The Kier molecular flexibility index (Phi) is 4.64. The number of halogens is 3. The number of H-pyrrole nitrogens is 1. The van der Waals surface area contributed by atoms with Crippen LogP contribution in [0.5, 0.6) is 0 Å². The summed E-state index contributed by atoms with van der Waals surface area (Å²) in [5.74, 6) is 0.149. The second-order valence-electron chi connectivity index (χ2n) is 7.18. The molecule has 3 aromatic heterocycles. The van der Waals surface area contributed by atoms with Crippen molar-refractivity contribution in [3.8, 4) is 0 Å². The lowest BCUT2D eigenvalue weighted by Crippen LogP contribution is -2.42. The highest BCUT2D eigenvalue weighted by atomic mass is 19.4. The van der Waals surface area contributed by atoms with Crippen LogP contribution in [0.25, 0.3) is 16.8 Å². The third-order valence-electron chi connectivity index (χ3n) is 5.28. The molecule has 0 aliphatic carbocycles. The lowest BCUT2D eigenvalue weighted by atomic mass is 9.89. The van der Waals surface area contributed by atoms with Crippen LogP contribution in [0.2, 0.25) is 0 Å². The maximum absolute atomic E-state index is 12.4. The molecule has 0 spiro atoms. The van der Waals surface area contributed by atoms with E-state index in [9.17, 15) is 18.0 Å². The Morgan fingerprint density at radius 2 is 2.14 bits per heavy atom. The second-order valence-corrected chi connectivity index (χ2v) is 7.18. The summed E-state index contributed by atoms with van der Waals surface area (Å²) in [5, 5.41) is 1.98. The second kappa shape index (κ2) is 6.99. The highest BCUT2D eigenvalue weighted by Crippen LogP contribution is 2.36. The summed E-state index contributed by atoms with van der Waals surface area (Å²) >= 11 is 0. The maximum atomic E-state index is 12.4. The zero-order valence-corrected chi connectivity index (χ0v) is 15.3. The highest BCUT2D eigenvalue weighted by molar-refractivity contribution is 5.76. The highest BCUT2D eigenvalue weighted by Gasteiger charge is 2.38. The molecule has 0 unspecified atom stereocenters. The van der Waals surface area contributed by atoms with Crippen molar-refractivity contribution in [1.29, 1.82) is 0 Å². The molecule has 150 valence electrons. The third-order valence-corrected chi connectivity index (χ3v) is 5.28. The van der Waals surface area contributed by atoms with Crippen LogP contribution in [0.1, 0.15) is 31.4 Å². The van der Waals surface area contributed by atoms with E-state index in [-0.39, 0.29) is 11.8 Å². The molecule has 1 fully saturated rings. The number of fused-ring (bicyclic) bond motifs is 3. The molecule has 4 rings (SSSR count). The fourth-order valence-corrected chi connectivity index (χ4v) is 4.08. The van der Waals surface area contributed by atoms with Crippen molar-refractivity contribution in [2.24, 2.45) is 5.92 Å².